The van der Waals surface area contributed by atoms with Crippen molar-refractivity contribution in [2.24, 2.45) is 5.92 Å². The molecule has 1 heterocycles. The highest BCUT2D eigenvalue weighted by atomic mass is 19.1. The molecular weight excluding hydrogens is 341 g/mol. The zero-order chi connectivity index (χ0) is 18.8. The van der Waals surface area contributed by atoms with Crippen LogP contribution >= 0.6 is 0 Å². The van der Waals surface area contributed by atoms with Gasteiger partial charge in [0.1, 0.15) is 11.6 Å². The van der Waals surface area contributed by atoms with Gasteiger partial charge >= 0.3 is 0 Å². The lowest BCUT2D eigenvalue weighted by Crippen LogP contribution is -2.33. The van der Waals surface area contributed by atoms with Gasteiger partial charge in [-0.25, -0.2) is 9.37 Å². The summed E-state index contributed by atoms with van der Waals surface area (Å²) >= 11 is 0. The zero-order valence-corrected chi connectivity index (χ0v) is 15.6. The second-order valence-corrected chi connectivity index (χ2v) is 7.31. The van der Waals surface area contributed by atoms with E-state index in [4.69, 9.17) is 4.98 Å². The van der Waals surface area contributed by atoms with Crippen LogP contribution in [0, 0.1) is 11.7 Å². The molecule has 1 aliphatic rings. The van der Waals surface area contributed by atoms with Gasteiger partial charge in [-0.1, -0.05) is 25.1 Å². The third-order valence-electron chi connectivity index (χ3n) is 5.05. The summed E-state index contributed by atoms with van der Waals surface area (Å²) in [5.74, 6) is 0.928. The second kappa shape index (κ2) is 7.51. The van der Waals surface area contributed by atoms with Crippen molar-refractivity contribution in [3.8, 4) is 0 Å². The molecule has 0 N–H and O–H groups in total. The first-order chi connectivity index (χ1) is 13.2. The molecule has 1 aliphatic carbocycles. The maximum atomic E-state index is 13.6. The third kappa shape index (κ3) is 3.87. The Kier molecular flexibility index (Phi) is 4.92. The standard InChI is InChI=1S/C22H24FN3O/c1-2-12-26-20-9-4-3-8-19(20)24-21(26)15-25(14-16-10-11-16)22(27)17-6-5-7-18(23)13-17/h3-9,13,16H,2,10-12,14-15H2,1H3. The Morgan fingerprint density at radius 2 is 2.04 bits per heavy atom. The molecule has 4 rings (SSSR count). The molecular formula is C22H24FN3O. The molecule has 0 radical (unpaired) electrons. The highest BCUT2D eigenvalue weighted by Gasteiger charge is 2.28. The van der Waals surface area contributed by atoms with Crippen LogP contribution in [0.3, 0.4) is 0 Å². The molecule has 0 bridgehead atoms. The van der Waals surface area contributed by atoms with Crippen LogP contribution in [0.15, 0.2) is 48.5 Å². The van der Waals surface area contributed by atoms with Crippen LogP contribution in [0.2, 0.25) is 0 Å². The predicted octanol–water partition coefficient (Wildman–Crippen LogP) is 4.64. The van der Waals surface area contributed by atoms with Crippen molar-refractivity contribution in [1.29, 1.82) is 0 Å². The fourth-order valence-electron chi connectivity index (χ4n) is 3.53. The Labute approximate surface area is 158 Å². The van der Waals surface area contributed by atoms with Gasteiger partial charge in [0.15, 0.2) is 0 Å². The fraction of sp³-hybridized carbons (Fsp3) is 0.364. The van der Waals surface area contributed by atoms with Crippen LogP contribution in [0.4, 0.5) is 4.39 Å². The number of imidazole rings is 1. The van der Waals surface area contributed by atoms with E-state index >= 15 is 0 Å². The summed E-state index contributed by atoms with van der Waals surface area (Å²) < 4.78 is 15.8. The number of aryl methyl sites for hydroxylation is 1. The summed E-state index contributed by atoms with van der Waals surface area (Å²) in [7, 11) is 0. The SMILES string of the molecule is CCCn1c(CN(CC2CC2)C(=O)c2cccc(F)c2)nc2ccccc21. The molecule has 4 nitrogen and oxygen atoms in total. The van der Waals surface area contributed by atoms with E-state index in [-0.39, 0.29) is 11.7 Å². The molecule has 27 heavy (non-hydrogen) atoms. The predicted molar refractivity (Wildman–Crippen MR) is 104 cm³/mol. The van der Waals surface area contributed by atoms with E-state index in [1.165, 1.54) is 12.1 Å². The van der Waals surface area contributed by atoms with Crippen LogP contribution in [0.1, 0.15) is 42.4 Å². The number of carbonyl (C=O) groups excluding carboxylic acids is 1. The lowest BCUT2D eigenvalue weighted by molar-refractivity contribution is 0.0728. The smallest absolute Gasteiger partial charge is 0.254 e. The molecule has 0 atom stereocenters. The number of carbonyl (C=O) groups is 1. The van der Waals surface area contributed by atoms with Crippen molar-refractivity contribution in [1.82, 2.24) is 14.5 Å². The summed E-state index contributed by atoms with van der Waals surface area (Å²) in [5, 5.41) is 0. The Bertz CT molecular complexity index is 961. The average Bonchev–Trinajstić information content (AvgIpc) is 3.43. The minimum Gasteiger partial charge on any atom is -0.331 e. The number of hydrogen-bond acceptors (Lipinski definition) is 2. The van der Waals surface area contributed by atoms with Crippen molar-refractivity contribution in [2.75, 3.05) is 6.54 Å². The summed E-state index contributed by atoms with van der Waals surface area (Å²) in [4.78, 5) is 19.7. The van der Waals surface area contributed by atoms with Crippen LogP contribution < -0.4 is 0 Å². The summed E-state index contributed by atoms with van der Waals surface area (Å²) in [6.07, 6.45) is 3.30. The topological polar surface area (TPSA) is 38.1 Å². The van der Waals surface area contributed by atoms with Gasteiger partial charge in [0.05, 0.1) is 17.6 Å². The van der Waals surface area contributed by atoms with E-state index in [1.54, 1.807) is 12.1 Å². The first-order valence-corrected chi connectivity index (χ1v) is 9.64. The molecule has 1 saturated carbocycles. The minimum absolute atomic E-state index is 0.128. The lowest BCUT2D eigenvalue weighted by atomic mass is 10.2. The van der Waals surface area contributed by atoms with Crippen molar-refractivity contribution in [3.63, 3.8) is 0 Å². The van der Waals surface area contributed by atoms with Gasteiger partial charge in [-0.2, -0.15) is 0 Å². The molecule has 140 valence electrons. The number of fused-ring (bicyclic) bond motifs is 1. The third-order valence-corrected chi connectivity index (χ3v) is 5.05. The number of rotatable bonds is 7. The lowest BCUT2D eigenvalue weighted by Gasteiger charge is -2.23. The second-order valence-electron chi connectivity index (χ2n) is 7.31. The molecule has 1 aromatic heterocycles. The monoisotopic (exact) mass is 365 g/mol. The van der Waals surface area contributed by atoms with E-state index in [0.717, 1.165) is 42.7 Å². The largest absolute Gasteiger partial charge is 0.331 e. The number of amides is 1. The molecule has 1 amide bonds. The van der Waals surface area contributed by atoms with Crippen LogP contribution in [0.5, 0.6) is 0 Å². The van der Waals surface area contributed by atoms with Crippen molar-refractivity contribution >= 4 is 16.9 Å². The molecule has 5 heteroatoms. The Balaban J connectivity index is 1.66. The van der Waals surface area contributed by atoms with Gasteiger partial charge in [-0.05, 0) is 55.5 Å². The van der Waals surface area contributed by atoms with E-state index in [0.29, 0.717) is 24.6 Å². The zero-order valence-electron chi connectivity index (χ0n) is 15.6. The van der Waals surface area contributed by atoms with Gasteiger partial charge in [0.2, 0.25) is 0 Å². The van der Waals surface area contributed by atoms with E-state index < -0.39 is 0 Å². The maximum absolute atomic E-state index is 13.6. The number of aromatic nitrogens is 2. The van der Waals surface area contributed by atoms with Crippen LogP contribution in [-0.2, 0) is 13.1 Å². The Morgan fingerprint density at radius 1 is 1.22 bits per heavy atom. The van der Waals surface area contributed by atoms with E-state index in [2.05, 4.69) is 17.6 Å². The molecule has 1 fully saturated rings. The number of benzene rings is 2. The quantitative estimate of drug-likeness (QED) is 0.612. The van der Waals surface area contributed by atoms with Gasteiger partial charge in [0, 0.05) is 18.7 Å². The number of para-hydroxylation sites is 2. The first-order valence-electron chi connectivity index (χ1n) is 9.64. The molecule has 2 aromatic carbocycles. The Hall–Kier alpha value is -2.69. The van der Waals surface area contributed by atoms with Gasteiger partial charge in [-0.3, -0.25) is 4.79 Å². The van der Waals surface area contributed by atoms with Crippen LogP contribution in [-0.4, -0.2) is 26.9 Å². The highest BCUT2D eigenvalue weighted by molar-refractivity contribution is 5.94. The fourth-order valence-corrected chi connectivity index (χ4v) is 3.53. The van der Waals surface area contributed by atoms with Gasteiger partial charge < -0.3 is 9.47 Å². The van der Waals surface area contributed by atoms with Crippen molar-refractivity contribution in [3.05, 3.63) is 65.7 Å². The summed E-state index contributed by atoms with van der Waals surface area (Å²) in [6.45, 7) is 4.14. The Morgan fingerprint density at radius 3 is 2.78 bits per heavy atom. The van der Waals surface area contributed by atoms with Gasteiger partial charge in [-0.15, -0.1) is 0 Å². The van der Waals surface area contributed by atoms with Crippen molar-refractivity contribution in [2.45, 2.75) is 39.3 Å². The number of halogens is 1. The van der Waals surface area contributed by atoms with E-state index in [1.807, 2.05) is 23.1 Å². The maximum Gasteiger partial charge on any atom is 0.254 e. The number of hydrogen-bond donors (Lipinski definition) is 0. The molecule has 3 aromatic rings. The average molecular weight is 365 g/mol. The minimum atomic E-state index is -0.384. The van der Waals surface area contributed by atoms with E-state index in [9.17, 15) is 9.18 Å². The molecule has 0 saturated heterocycles. The van der Waals surface area contributed by atoms with Crippen molar-refractivity contribution < 1.29 is 9.18 Å². The molecule has 0 unspecified atom stereocenters. The van der Waals surface area contributed by atoms with Crippen LogP contribution in [0.25, 0.3) is 11.0 Å². The first kappa shape index (κ1) is 17.7. The molecule has 0 spiro atoms. The number of nitrogens with zero attached hydrogens (tertiary/aromatic N) is 3. The normalized spacial score (nSPS) is 13.9. The summed E-state index contributed by atoms with van der Waals surface area (Å²) in [6, 6.07) is 14.0. The van der Waals surface area contributed by atoms with Gasteiger partial charge in [0.25, 0.3) is 5.91 Å². The summed E-state index contributed by atoms with van der Waals surface area (Å²) in [5.41, 5.74) is 2.44. The highest BCUT2D eigenvalue weighted by Crippen LogP contribution is 2.31. The molecule has 0 aliphatic heterocycles.